The van der Waals surface area contributed by atoms with Crippen molar-refractivity contribution in [3.8, 4) is 11.3 Å². The van der Waals surface area contributed by atoms with Gasteiger partial charge in [-0.25, -0.2) is 9.19 Å². The van der Waals surface area contributed by atoms with Crippen molar-refractivity contribution in [2.45, 2.75) is 11.7 Å². The number of amides is 1. The fraction of sp³-hybridized carbons (Fsp3) is 0.188. The Morgan fingerprint density at radius 1 is 1.30 bits per heavy atom. The minimum absolute atomic E-state index is 0.250. The maximum absolute atomic E-state index is 12.7. The molecule has 1 amide bonds. The number of H-pyrrole nitrogens is 1. The summed E-state index contributed by atoms with van der Waals surface area (Å²) in [5, 5.41) is -0.250. The molecule has 2 heterocycles. The molecular formula is C16H16N4O2S. The molecule has 1 N–H and O–H groups in total. The van der Waals surface area contributed by atoms with Crippen LogP contribution < -0.4 is 0 Å². The Labute approximate surface area is 134 Å². The Morgan fingerprint density at radius 3 is 2.87 bits per heavy atom. The average molecular weight is 328 g/mol. The number of rotatable bonds is 3. The summed E-state index contributed by atoms with van der Waals surface area (Å²) in [6, 6.07) is 1.67. The summed E-state index contributed by atoms with van der Waals surface area (Å²) in [6.45, 7) is 0. The van der Waals surface area contributed by atoms with Crippen LogP contribution in [0.4, 0.5) is 0 Å². The second-order valence-corrected chi connectivity index (χ2v) is 7.78. The van der Waals surface area contributed by atoms with Crippen molar-refractivity contribution in [3.05, 3.63) is 60.9 Å². The molecule has 2 aromatic heterocycles. The van der Waals surface area contributed by atoms with E-state index in [1.54, 1.807) is 24.8 Å². The molecule has 6 nitrogen and oxygen atoms in total. The first kappa shape index (κ1) is 15.4. The van der Waals surface area contributed by atoms with Crippen molar-refractivity contribution < 1.29 is 9.00 Å². The lowest BCUT2D eigenvalue weighted by Crippen LogP contribution is -2.19. The summed E-state index contributed by atoms with van der Waals surface area (Å²) in [7, 11) is -2.66. The molecule has 0 aromatic carbocycles. The smallest absolute Gasteiger partial charge is 0.286 e. The number of hydrogen-bond acceptors (Lipinski definition) is 4. The Balaban J connectivity index is 1.90. The van der Waals surface area contributed by atoms with Gasteiger partial charge in [0.05, 0.1) is 38.8 Å². The summed E-state index contributed by atoms with van der Waals surface area (Å²) in [4.78, 5) is 23.3. The molecule has 3 rings (SSSR count). The number of allylic oxidation sites excluding steroid dienone is 3. The molecule has 0 bridgehead atoms. The number of carbonyl (C=O) groups excluding carboxylic acids is 1. The predicted molar refractivity (Wildman–Crippen MR) is 89.3 cm³/mol. The molecule has 2 atom stereocenters. The number of carbonyl (C=O) groups is 1. The van der Waals surface area contributed by atoms with Crippen molar-refractivity contribution >= 4 is 15.6 Å². The molecule has 2 aromatic rings. The van der Waals surface area contributed by atoms with Crippen LogP contribution in [0.1, 0.15) is 16.8 Å². The molecule has 1 aliphatic carbocycles. The normalized spacial score (nSPS) is 19.3. The molecule has 0 radical (unpaired) electrons. The highest BCUT2D eigenvalue weighted by Crippen LogP contribution is 2.18. The van der Waals surface area contributed by atoms with E-state index in [1.807, 2.05) is 24.3 Å². The number of aromatic nitrogens is 3. The third kappa shape index (κ3) is 3.45. The number of aromatic amines is 1. The molecule has 0 saturated heterocycles. The van der Waals surface area contributed by atoms with Crippen molar-refractivity contribution in [3.63, 3.8) is 0 Å². The minimum Gasteiger partial charge on any atom is -0.345 e. The molecule has 0 aliphatic heterocycles. The van der Waals surface area contributed by atoms with Gasteiger partial charge in [-0.05, 0) is 12.5 Å². The van der Waals surface area contributed by atoms with E-state index in [2.05, 4.69) is 19.3 Å². The highest BCUT2D eigenvalue weighted by molar-refractivity contribution is 7.94. The second kappa shape index (κ2) is 6.29. The number of imidazole rings is 1. The van der Waals surface area contributed by atoms with Gasteiger partial charge in [0.15, 0.2) is 0 Å². The van der Waals surface area contributed by atoms with E-state index in [1.165, 1.54) is 12.5 Å². The van der Waals surface area contributed by atoms with Crippen molar-refractivity contribution in [1.82, 2.24) is 15.0 Å². The maximum Gasteiger partial charge on any atom is 0.286 e. The van der Waals surface area contributed by atoms with Gasteiger partial charge in [0, 0.05) is 24.2 Å². The standard InChI is InChI=1S/C16H16N4O2S/c1-23(22,14-5-3-2-4-6-14)20-16(21)13-7-12(8-17-9-13)15-10-18-11-19-15/h2-5,7-11,14H,6H2,1H3,(H,18,19)/t14?,23-/m0/s1. The summed E-state index contributed by atoms with van der Waals surface area (Å²) in [6.07, 6.45) is 15.9. The van der Waals surface area contributed by atoms with Gasteiger partial charge in [-0.2, -0.15) is 4.36 Å². The van der Waals surface area contributed by atoms with Crippen LogP contribution in [-0.4, -0.2) is 36.6 Å². The Morgan fingerprint density at radius 2 is 2.17 bits per heavy atom. The third-order valence-electron chi connectivity index (χ3n) is 3.56. The van der Waals surface area contributed by atoms with Gasteiger partial charge < -0.3 is 4.98 Å². The molecule has 23 heavy (non-hydrogen) atoms. The van der Waals surface area contributed by atoms with Gasteiger partial charge in [0.25, 0.3) is 5.91 Å². The largest absolute Gasteiger partial charge is 0.345 e. The molecule has 1 aliphatic rings. The van der Waals surface area contributed by atoms with E-state index in [4.69, 9.17) is 0 Å². The van der Waals surface area contributed by atoms with E-state index in [9.17, 15) is 9.00 Å². The van der Waals surface area contributed by atoms with Crippen LogP contribution in [0.5, 0.6) is 0 Å². The minimum atomic E-state index is -2.66. The third-order valence-corrected chi connectivity index (χ3v) is 5.56. The highest BCUT2D eigenvalue weighted by Gasteiger charge is 2.19. The Bertz CT molecular complexity index is 891. The van der Waals surface area contributed by atoms with Crippen LogP contribution in [0.15, 0.2) is 59.7 Å². The molecule has 7 heteroatoms. The van der Waals surface area contributed by atoms with Crippen LogP contribution >= 0.6 is 0 Å². The van der Waals surface area contributed by atoms with E-state index in [-0.39, 0.29) is 5.25 Å². The first-order valence-electron chi connectivity index (χ1n) is 7.09. The van der Waals surface area contributed by atoms with E-state index in [0.717, 1.165) is 11.3 Å². The lowest BCUT2D eigenvalue weighted by atomic mass is 10.1. The van der Waals surface area contributed by atoms with Crippen LogP contribution in [0, 0.1) is 0 Å². The van der Waals surface area contributed by atoms with Crippen molar-refractivity contribution in [2.75, 3.05) is 6.26 Å². The molecule has 0 fully saturated rings. The van der Waals surface area contributed by atoms with Gasteiger partial charge >= 0.3 is 0 Å². The SMILES string of the molecule is C[S@@](=O)(=NC(=O)c1cncc(-c2cnc[nH]2)c1)C1C=CC=CC1. The number of hydrogen-bond donors (Lipinski definition) is 1. The summed E-state index contributed by atoms with van der Waals surface area (Å²) in [5.74, 6) is -0.519. The number of pyridine rings is 1. The van der Waals surface area contributed by atoms with Gasteiger partial charge in [0.1, 0.15) is 0 Å². The zero-order chi connectivity index (χ0) is 16.3. The van der Waals surface area contributed by atoms with Crippen LogP contribution in [0.25, 0.3) is 11.3 Å². The van der Waals surface area contributed by atoms with Crippen LogP contribution in [-0.2, 0) is 9.73 Å². The number of nitrogens with zero attached hydrogens (tertiary/aromatic N) is 3. The number of nitrogens with one attached hydrogen (secondary N) is 1. The maximum atomic E-state index is 12.7. The predicted octanol–water partition coefficient (Wildman–Crippen LogP) is 2.59. The van der Waals surface area contributed by atoms with E-state index >= 15 is 0 Å². The molecule has 1 unspecified atom stereocenters. The monoisotopic (exact) mass is 328 g/mol. The molecule has 0 spiro atoms. The van der Waals surface area contributed by atoms with Crippen molar-refractivity contribution in [1.29, 1.82) is 0 Å². The Kier molecular flexibility index (Phi) is 4.20. The zero-order valence-electron chi connectivity index (χ0n) is 12.5. The van der Waals surface area contributed by atoms with Crippen LogP contribution in [0.3, 0.4) is 0 Å². The second-order valence-electron chi connectivity index (χ2n) is 5.27. The molecule has 118 valence electrons. The van der Waals surface area contributed by atoms with Crippen molar-refractivity contribution in [2.24, 2.45) is 4.36 Å². The molecular weight excluding hydrogens is 312 g/mol. The van der Waals surface area contributed by atoms with E-state index < -0.39 is 15.6 Å². The fourth-order valence-electron chi connectivity index (χ4n) is 2.29. The zero-order valence-corrected chi connectivity index (χ0v) is 13.4. The van der Waals surface area contributed by atoms with Gasteiger partial charge in [-0.15, -0.1) is 0 Å². The fourth-order valence-corrected chi connectivity index (χ4v) is 3.71. The summed E-state index contributed by atoms with van der Waals surface area (Å²) in [5.41, 5.74) is 1.79. The van der Waals surface area contributed by atoms with Crippen LogP contribution in [0.2, 0.25) is 0 Å². The van der Waals surface area contributed by atoms with Gasteiger partial charge in [-0.3, -0.25) is 9.78 Å². The van der Waals surface area contributed by atoms with Gasteiger partial charge in [0.2, 0.25) is 0 Å². The first-order valence-corrected chi connectivity index (χ1v) is 9.07. The summed E-state index contributed by atoms with van der Waals surface area (Å²) < 4.78 is 16.7. The first-order chi connectivity index (χ1) is 11.1. The average Bonchev–Trinajstić information content (AvgIpc) is 3.10. The lowest BCUT2D eigenvalue weighted by molar-refractivity contribution is 0.100. The Hall–Kier alpha value is -2.54. The highest BCUT2D eigenvalue weighted by atomic mass is 32.2. The summed E-state index contributed by atoms with van der Waals surface area (Å²) >= 11 is 0. The van der Waals surface area contributed by atoms with E-state index in [0.29, 0.717) is 12.0 Å². The van der Waals surface area contributed by atoms with Gasteiger partial charge in [-0.1, -0.05) is 24.3 Å². The quantitative estimate of drug-likeness (QED) is 0.938. The lowest BCUT2D eigenvalue weighted by Gasteiger charge is -2.14. The molecule has 0 saturated carbocycles. The topological polar surface area (TPSA) is 88.1 Å².